The van der Waals surface area contributed by atoms with E-state index in [4.69, 9.17) is 14.5 Å². The molecule has 31 heavy (non-hydrogen) atoms. The molecule has 3 heterocycles. The molecule has 1 N–H and O–H groups in total. The smallest absolute Gasteiger partial charge is 0.135 e. The Morgan fingerprint density at radius 3 is 2.61 bits per heavy atom. The number of likely N-dealkylation sites (tertiary alicyclic amines) is 1. The van der Waals surface area contributed by atoms with Crippen molar-refractivity contribution in [3.63, 3.8) is 0 Å². The van der Waals surface area contributed by atoms with Gasteiger partial charge in [0.25, 0.3) is 0 Å². The summed E-state index contributed by atoms with van der Waals surface area (Å²) in [6.07, 6.45) is 4.60. The van der Waals surface area contributed by atoms with Gasteiger partial charge in [0.05, 0.1) is 16.3 Å². The first-order valence-electron chi connectivity index (χ1n) is 11.4. The summed E-state index contributed by atoms with van der Waals surface area (Å²) in [5.41, 5.74) is 2.17. The number of fused-ring (bicyclic) bond motifs is 1. The zero-order chi connectivity index (χ0) is 21.0. The highest BCUT2D eigenvalue weighted by Crippen LogP contribution is 2.36. The summed E-state index contributed by atoms with van der Waals surface area (Å²) in [4.78, 5) is 7.32. The van der Waals surface area contributed by atoms with Crippen molar-refractivity contribution >= 4 is 21.6 Å². The van der Waals surface area contributed by atoms with E-state index in [1.807, 2.05) is 6.07 Å². The molecule has 0 saturated carbocycles. The van der Waals surface area contributed by atoms with Crippen molar-refractivity contribution in [2.24, 2.45) is 0 Å². The van der Waals surface area contributed by atoms with Crippen molar-refractivity contribution in [1.29, 1.82) is 0 Å². The first-order chi connectivity index (χ1) is 15.2. The first-order valence-corrected chi connectivity index (χ1v) is 12.2. The predicted octanol–water partition coefficient (Wildman–Crippen LogP) is 4.63. The number of ether oxygens (including phenoxy) is 2. The molecular formula is C25H31N3O2S. The summed E-state index contributed by atoms with van der Waals surface area (Å²) in [5.74, 6) is 0.933. The van der Waals surface area contributed by atoms with Gasteiger partial charge in [0.2, 0.25) is 0 Å². The number of piperidine rings is 2. The summed E-state index contributed by atoms with van der Waals surface area (Å²) in [6.45, 7) is 4.21. The van der Waals surface area contributed by atoms with E-state index in [0.29, 0.717) is 0 Å². The Bertz CT molecular complexity index is 960. The Labute approximate surface area is 188 Å². The van der Waals surface area contributed by atoms with Crippen LogP contribution in [-0.4, -0.2) is 55.3 Å². The molecule has 5 rings (SSSR count). The van der Waals surface area contributed by atoms with Gasteiger partial charge in [0.15, 0.2) is 0 Å². The van der Waals surface area contributed by atoms with Crippen LogP contribution in [0.15, 0.2) is 48.5 Å². The van der Waals surface area contributed by atoms with Crippen LogP contribution in [0.5, 0.6) is 5.75 Å². The minimum Gasteiger partial charge on any atom is -0.490 e. The quantitative estimate of drug-likeness (QED) is 0.609. The second-order valence-electron chi connectivity index (χ2n) is 8.68. The van der Waals surface area contributed by atoms with Gasteiger partial charge in [-0.05, 0) is 75.6 Å². The van der Waals surface area contributed by atoms with Crippen LogP contribution in [0.3, 0.4) is 0 Å². The van der Waals surface area contributed by atoms with E-state index in [9.17, 15) is 0 Å². The minimum atomic E-state index is -0.164. The Morgan fingerprint density at radius 1 is 1.00 bits per heavy atom. The van der Waals surface area contributed by atoms with Crippen LogP contribution in [0.2, 0.25) is 0 Å². The first kappa shape index (κ1) is 20.9. The standard InChI is InChI=1S/C25H31N3O2S/c1-28-15-11-20(12-16-28)30-24(25-27-22-7-2-3-8-23(22)31-25)18-5-4-6-21(17-18)29-19-9-13-26-14-10-19/h2-8,17,19-20,24,26H,9-16H2,1H3. The van der Waals surface area contributed by atoms with Crippen molar-refractivity contribution < 1.29 is 9.47 Å². The highest BCUT2D eigenvalue weighted by molar-refractivity contribution is 7.18. The minimum absolute atomic E-state index is 0.164. The molecule has 2 saturated heterocycles. The Morgan fingerprint density at radius 2 is 1.81 bits per heavy atom. The fourth-order valence-corrected chi connectivity index (χ4v) is 5.48. The van der Waals surface area contributed by atoms with E-state index in [2.05, 4.69) is 59.7 Å². The van der Waals surface area contributed by atoms with Crippen molar-refractivity contribution in [2.45, 2.75) is 44.0 Å². The molecule has 3 aromatic rings. The number of nitrogens with zero attached hydrogens (tertiary/aromatic N) is 2. The number of benzene rings is 2. The SMILES string of the molecule is CN1CCC(OC(c2cccc(OC3CCNCC3)c2)c2nc3ccccc3s2)CC1. The van der Waals surface area contributed by atoms with E-state index in [0.717, 1.165) is 73.7 Å². The van der Waals surface area contributed by atoms with E-state index in [1.54, 1.807) is 11.3 Å². The Balaban J connectivity index is 1.42. The third-order valence-corrected chi connectivity index (χ3v) is 7.36. The molecule has 1 aromatic heterocycles. The second kappa shape index (κ2) is 9.65. The molecule has 6 heteroatoms. The van der Waals surface area contributed by atoms with Crippen LogP contribution in [0.4, 0.5) is 0 Å². The van der Waals surface area contributed by atoms with E-state index in [-0.39, 0.29) is 18.3 Å². The molecule has 2 aromatic carbocycles. The van der Waals surface area contributed by atoms with Crippen LogP contribution in [-0.2, 0) is 4.74 Å². The van der Waals surface area contributed by atoms with Gasteiger partial charge in [-0.25, -0.2) is 4.98 Å². The van der Waals surface area contributed by atoms with Crippen molar-refractivity contribution in [2.75, 3.05) is 33.2 Å². The lowest BCUT2D eigenvalue weighted by Gasteiger charge is -2.31. The van der Waals surface area contributed by atoms with Gasteiger partial charge < -0.3 is 19.7 Å². The summed E-state index contributed by atoms with van der Waals surface area (Å²) in [7, 11) is 2.18. The molecule has 1 unspecified atom stereocenters. The zero-order valence-electron chi connectivity index (χ0n) is 18.1. The maximum atomic E-state index is 6.74. The largest absolute Gasteiger partial charge is 0.490 e. The Hall–Kier alpha value is -1.99. The van der Waals surface area contributed by atoms with Gasteiger partial charge in [-0.2, -0.15) is 0 Å². The monoisotopic (exact) mass is 437 g/mol. The normalized spacial score (nSPS) is 20.2. The zero-order valence-corrected chi connectivity index (χ0v) is 18.9. The number of nitrogens with one attached hydrogen (secondary N) is 1. The van der Waals surface area contributed by atoms with E-state index < -0.39 is 0 Å². The number of thiazole rings is 1. The van der Waals surface area contributed by atoms with Gasteiger partial charge in [0.1, 0.15) is 23.0 Å². The Kier molecular flexibility index (Phi) is 6.50. The highest BCUT2D eigenvalue weighted by Gasteiger charge is 2.26. The molecule has 5 nitrogen and oxygen atoms in total. The molecule has 2 fully saturated rings. The topological polar surface area (TPSA) is 46.6 Å². The van der Waals surface area contributed by atoms with Crippen molar-refractivity contribution in [3.05, 3.63) is 59.1 Å². The third kappa shape index (κ3) is 5.09. The van der Waals surface area contributed by atoms with Gasteiger partial charge in [-0.3, -0.25) is 0 Å². The van der Waals surface area contributed by atoms with Gasteiger partial charge >= 0.3 is 0 Å². The maximum Gasteiger partial charge on any atom is 0.135 e. The average molecular weight is 438 g/mol. The molecular weight excluding hydrogens is 406 g/mol. The summed E-state index contributed by atoms with van der Waals surface area (Å²) in [6, 6.07) is 16.8. The lowest BCUT2D eigenvalue weighted by Crippen LogP contribution is -2.35. The second-order valence-corrected chi connectivity index (χ2v) is 9.74. The highest BCUT2D eigenvalue weighted by atomic mass is 32.1. The van der Waals surface area contributed by atoms with Gasteiger partial charge in [-0.15, -0.1) is 11.3 Å². The molecule has 2 aliphatic heterocycles. The number of hydrogen-bond donors (Lipinski definition) is 1. The molecule has 0 radical (unpaired) electrons. The van der Waals surface area contributed by atoms with Crippen LogP contribution in [0.1, 0.15) is 42.4 Å². The number of para-hydroxylation sites is 1. The molecule has 0 bridgehead atoms. The fraction of sp³-hybridized carbons (Fsp3) is 0.480. The molecule has 0 spiro atoms. The fourth-order valence-electron chi connectivity index (χ4n) is 4.45. The lowest BCUT2D eigenvalue weighted by molar-refractivity contribution is -0.0235. The van der Waals surface area contributed by atoms with Gasteiger partial charge in [-0.1, -0.05) is 24.3 Å². The van der Waals surface area contributed by atoms with Gasteiger partial charge in [0, 0.05) is 13.1 Å². The molecule has 1 atom stereocenters. The predicted molar refractivity (Wildman–Crippen MR) is 126 cm³/mol. The van der Waals surface area contributed by atoms with Crippen LogP contribution >= 0.6 is 11.3 Å². The number of hydrogen-bond acceptors (Lipinski definition) is 6. The molecule has 0 aliphatic carbocycles. The maximum absolute atomic E-state index is 6.74. The molecule has 0 amide bonds. The van der Waals surface area contributed by atoms with Crippen molar-refractivity contribution in [3.8, 4) is 5.75 Å². The lowest BCUT2D eigenvalue weighted by atomic mass is 10.1. The molecule has 2 aliphatic rings. The van der Waals surface area contributed by atoms with Crippen LogP contribution in [0.25, 0.3) is 10.2 Å². The number of aromatic nitrogens is 1. The third-order valence-electron chi connectivity index (χ3n) is 6.28. The molecule has 164 valence electrons. The van der Waals surface area contributed by atoms with Crippen molar-refractivity contribution in [1.82, 2.24) is 15.2 Å². The van der Waals surface area contributed by atoms with Crippen LogP contribution in [0, 0.1) is 0 Å². The summed E-state index contributed by atoms with van der Waals surface area (Å²) >= 11 is 1.74. The summed E-state index contributed by atoms with van der Waals surface area (Å²) in [5, 5.41) is 4.43. The van der Waals surface area contributed by atoms with E-state index in [1.165, 1.54) is 4.70 Å². The van der Waals surface area contributed by atoms with Crippen LogP contribution < -0.4 is 10.1 Å². The summed E-state index contributed by atoms with van der Waals surface area (Å²) < 4.78 is 14.3. The van der Waals surface area contributed by atoms with E-state index >= 15 is 0 Å². The average Bonchev–Trinajstić information content (AvgIpc) is 3.23. The number of rotatable bonds is 6.